The smallest absolute Gasteiger partial charge is 0.193 e. The summed E-state index contributed by atoms with van der Waals surface area (Å²) in [5.74, 6) is 1.57. The van der Waals surface area contributed by atoms with Gasteiger partial charge in [0.2, 0.25) is 0 Å². The molecule has 0 radical (unpaired) electrons. The van der Waals surface area contributed by atoms with Crippen molar-refractivity contribution in [3.63, 3.8) is 0 Å². The number of hydrogen-bond donors (Lipinski definition) is 1. The first-order chi connectivity index (χ1) is 14.8. The molecular weight excluding hydrogens is 376 g/mol. The number of nitrogens with zero attached hydrogens (tertiary/aromatic N) is 3. The van der Waals surface area contributed by atoms with Gasteiger partial charge < -0.3 is 15.0 Å². The Kier molecular flexibility index (Phi) is 4.91. The van der Waals surface area contributed by atoms with Crippen LogP contribution >= 0.6 is 0 Å². The highest BCUT2D eigenvalue weighted by atomic mass is 16.5. The molecule has 150 valence electrons. The second-order valence-corrected chi connectivity index (χ2v) is 7.21. The van der Waals surface area contributed by atoms with Gasteiger partial charge in [0.15, 0.2) is 5.43 Å². The van der Waals surface area contributed by atoms with E-state index in [9.17, 15) is 4.79 Å². The van der Waals surface area contributed by atoms with E-state index < -0.39 is 0 Å². The topological polar surface area (TPSA) is 59.4 Å². The minimum Gasteiger partial charge on any atom is -0.378 e. The lowest BCUT2D eigenvalue weighted by atomic mass is 10.2. The van der Waals surface area contributed by atoms with Crippen molar-refractivity contribution in [2.75, 3.05) is 36.5 Å². The van der Waals surface area contributed by atoms with Crippen LogP contribution in [0.4, 0.5) is 17.3 Å². The summed E-state index contributed by atoms with van der Waals surface area (Å²) in [5, 5.41) is 4.00. The normalized spacial score (nSPS) is 14.1. The predicted octanol–water partition coefficient (Wildman–Crippen LogP) is 3.97. The van der Waals surface area contributed by atoms with Crippen molar-refractivity contribution < 1.29 is 4.74 Å². The number of aromatic nitrogens is 2. The van der Waals surface area contributed by atoms with E-state index in [-0.39, 0.29) is 5.43 Å². The van der Waals surface area contributed by atoms with E-state index in [0.29, 0.717) is 24.4 Å². The number of benzene rings is 2. The van der Waals surface area contributed by atoms with Crippen molar-refractivity contribution in [2.45, 2.75) is 0 Å². The van der Waals surface area contributed by atoms with Gasteiger partial charge in [-0.05, 0) is 24.3 Å². The van der Waals surface area contributed by atoms with Crippen LogP contribution in [0.3, 0.4) is 0 Å². The lowest BCUT2D eigenvalue weighted by Crippen LogP contribution is -2.36. The number of ether oxygens (including phenoxy) is 1. The highest BCUT2D eigenvalue weighted by molar-refractivity contribution is 5.85. The molecule has 1 N–H and O–H groups in total. The van der Waals surface area contributed by atoms with Crippen LogP contribution in [0.25, 0.3) is 16.6 Å². The molecule has 1 aliphatic heterocycles. The molecule has 2 aromatic heterocycles. The molecule has 0 unspecified atom stereocenters. The van der Waals surface area contributed by atoms with E-state index in [0.717, 1.165) is 35.8 Å². The van der Waals surface area contributed by atoms with E-state index in [2.05, 4.69) is 19.8 Å². The van der Waals surface area contributed by atoms with Gasteiger partial charge >= 0.3 is 0 Å². The minimum absolute atomic E-state index is 0.0587. The van der Waals surface area contributed by atoms with Gasteiger partial charge in [-0.3, -0.25) is 9.36 Å². The largest absolute Gasteiger partial charge is 0.378 e. The van der Waals surface area contributed by atoms with Gasteiger partial charge in [0.05, 0.1) is 24.1 Å². The van der Waals surface area contributed by atoms with Gasteiger partial charge in [-0.1, -0.05) is 36.4 Å². The zero-order valence-electron chi connectivity index (χ0n) is 16.5. The van der Waals surface area contributed by atoms with Crippen LogP contribution < -0.4 is 15.6 Å². The number of pyridine rings is 2. The number of rotatable bonds is 4. The maximum atomic E-state index is 12.9. The standard InChI is InChI=1S/C24H22N4O2/c29-22-16-24(26-18-7-3-1-4-8-18)28(19-9-5-2-6-10-19)21-15-23(25-17-20(21)22)27-11-13-30-14-12-27/h1-10,15-17,26H,11-14H2. The fraction of sp³-hybridized carbons (Fsp3) is 0.167. The average molecular weight is 398 g/mol. The van der Waals surface area contributed by atoms with Crippen molar-refractivity contribution in [2.24, 2.45) is 0 Å². The Balaban J connectivity index is 1.73. The predicted molar refractivity (Wildman–Crippen MR) is 120 cm³/mol. The highest BCUT2D eigenvalue weighted by Gasteiger charge is 2.17. The Labute approximate surface area is 174 Å². The SMILES string of the molecule is O=c1cc(Nc2ccccc2)n(-c2ccccc2)c2cc(N3CCOCC3)ncc12. The molecule has 30 heavy (non-hydrogen) atoms. The van der Waals surface area contributed by atoms with Crippen LogP contribution in [0, 0.1) is 0 Å². The number of para-hydroxylation sites is 2. The first-order valence-corrected chi connectivity index (χ1v) is 10.1. The Morgan fingerprint density at radius 2 is 1.60 bits per heavy atom. The van der Waals surface area contributed by atoms with Crippen LogP contribution in [0.2, 0.25) is 0 Å². The fourth-order valence-corrected chi connectivity index (χ4v) is 3.79. The summed E-state index contributed by atoms with van der Waals surface area (Å²) in [7, 11) is 0. The first kappa shape index (κ1) is 18.4. The zero-order chi connectivity index (χ0) is 20.3. The molecule has 2 aromatic carbocycles. The van der Waals surface area contributed by atoms with E-state index in [1.165, 1.54) is 0 Å². The highest BCUT2D eigenvalue weighted by Crippen LogP contribution is 2.27. The number of fused-ring (bicyclic) bond motifs is 1. The molecule has 0 bridgehead atoms. The molecule has 6 heteroatoms. The third kappa shape index (κ3) is 3.53. The van der Waals surface area contributed by atoms with Crippen LogP contribution in [0.15, 0.2) is 83.8 Å². The summed E-state index contributed by atoms with van der Waals surface area (Å²) in [6.07, 6.45) is 1.69. The van der Waals surface area contributed by atoms with Gasteiger partial charge in [0.1, 0.15) is 11.6 Å². The summed E-state index contributed by atoms with van der Waals surface area (Å²) < 4.78 is 7.55. The minimum atomic E-state index is -0.0587. The van der Waals surface area contributed by atoms with E-state index >= 15 is 0 Å². The van der Waals surface area contributed by atoms with Crippen LogP contribution in [0.5, 0.6) is 0 Å². The van der Waals surface area contributed by atoms with Crippen molar-refractivity contribution in [3.05, 3.63) is 89.2 Å². The summed E-state index contributed by atoms with van der Waals surface area (Å²) in [6.45, 7) is 2.94. The van der Waals surface area contributed by atoms with Crippen molar-refractivity contribution in [1.29, 1.82) is 0 Å². The second-order valence-electron chi connectivity index (χ2n) is 7.21. The van der Waals surface area contributed by atoms with Crippen molar-refractivity contribution >= 4 is 28.2 Å². The van der Waals surface area contributed by atoms with Crippen molar-refractivity contribution in [1.82, 2.24) is 9.55 Å². The molecule has 0 saturated carbocycles. The van der Waals surface area contributed by atoms with Gasteiger partial charge in [-0.25, -0.2) is 4.98 Å². The van der Waals surface area contributed by atoms with Crippen LogP contribution in [-0.4, -0.2) is 35.9 Å². The molecule has 5 rings (SSSR count). The Hall–Kier alpha value is -3.64. The third-order valence-electron chi connectivity index (χ3n) is 5.28. The third-order valence-corrected chi connectivity index (χ3v) is 5.28. The van der Waals surface area contributed by atoms with E-state index in [1.54, 1.807) is 12.3 Å². The lowest BCUT2D eigenvalue weighted by molar-refractivity contribution is 0.122. The molecule has 1 saturated heterocycles. The van der Waals surface area contributed by atoms with Crippen LogP contribution in [-0.2, 0) is 4.74 Å². The summed E-state index contributed by atoms with van der Waals surface area (Å²) >= 11 is 0. The number of anilines is 3. The molecule has 0 atom stereocenters. The maximum absolute atomic E-state index is 12.9. The summed E-state index contributed by atoms with van der Waals surface area (Å²) in [6, 6.07) is 23.6. The monoisotopic (exact) mass is 398 g/mol. The van der Waals surface area contributed by atoms with E-state index in [4.69, 9.17) is 4.74 Å². The molecule has 0 amide bonds. The number of nitrogens with one attached hydrogen (secondary N) is 1. The number of hydrogen-bond acceptors (Lipinski definition) is 5. The van der Waals surface area contributed by atoms with Crippen molar-refractivity contribution in [3.8, 4) is 5.69 Å². The quantitative estimate of drug-likeness (QED) is 0.564. The second kappa shape index (κ2) is 8.00. The summed E-state index contributed by atoms with van der Waals surface area (Å²) in [4.78, 5) is 19.7. The first-order valence-electron chi connectivity index (χ1n) is 10.1. The molecule has 3 heterocycles. The molecule has 0 spiro atoms. The maximum Gasteiger partial charge on any atom is 0.193 e. The fourth-order valence-electron chi connectivity index (χ4n) is 3.79. The molecule has 0 aliphatic carbocycles. The van der Waals surface area contributed by atoms with Gasteiger partial charge in [-0.15, -0.1) is 0 Å². The number of morpholine rings is 1. The summed E-state index contributed by atoms with van der Waals surface area (Å²) in [5.41, 5.74) is 2.66. The lowest BCUT2D eigenvalue weighted by Gasteiger charge is -2.28. The molecular formula is C24H22N4O2. The van der Waals surface area contributed by atoms with Gasteiger partial charge in [0, 0.05) is 42.8 Å². The van der Waals surface area contributed by atoms with Gasteiger partial charge in [-0.2, -0.15) is 0 Å². The molecule has 1 aliphatic rings. The Bertz CT molecular complexity index is 1220. The zero-order valence-corrected chi connectivity index (χ0v) is 16.5. The average Bonchev–Trinajstić information content (AvgIpc) is 2.81. The van der Waals surface area contributed by atoms with Crippen LogP contribution in [0.1, 0.15) is 0 Å². The van der Waals surface area contributed by atoms with Gasteiger partial charge in [0.25, 0.3) is 0 Å². The molecule has 6 nitrogen and oxygen atoms in total. The Morgan fingerprint density at radius 1 is 0.900 bits per heavy atom. The molecule has 4 aromatic rings. The molecule has 1 fully saturated rings. The Morgan fingerprint density at radius 3 is 2.33 bits per heavy atom. The van der Waals surface area contributed by atoms with E-state index in [1.807, 2.05) is 66.7 Å².